The summed E-state index contributed by atoms with van der Waals surface area (Å²) in [6.07, 6.45) is 7.43. The van der Waals surface area contributed by atoms with Crippen LogP contribution in [0.2, 0.25) is 0 Å². The van der Waals surface area contributed by atoms with Crippen LogP contribution in [0.1, 0.15) is 39.0 Å². The average molecular weight is 167 g/mol. The summed E-state index contributed by atoms with van der Waals surface area (Å²) in [6.45, 7) is 5.12. The van der Waals surface area contributed by atoms with Crippen LogP contribution in [0, 0.1) is 11.3 Å². The Morgan fingerprint density at radius 1 is 1.17 bits per heavy atom. The van der Waals surface area contributed by atoms with Gasteiger partial charge in [0, 0.05) is 6.54 Å². The number of hydrogen-bond donors (Lipinski definition) is 0. The molecular weight excluding hydrogens is 146 g/mol. The molecule has 1 nitrogen and oxygen atoms in total. The molecule has 1 spiro atoms. The van der Waals surface area contributed by atoms with Crippen molar-refractivity contribution in [3.05, 3.63) is 0 Å². The molecule has 1 heteroatoms. The SMILES string of the molecule is CC1CCC2(CC1)CCN(C)C2. The van der Waals surface area contributed by atoms with E-state index in [0.717, 1.165) is 11.3 Å². The third-order valence-corrected chi connectivity index (χ3v) is 3.96. The van der Waals surface area contributed by atoms with E-state index in [0.29, 0.717) is 0 Å². The Labute approximate surface area is 76.1 Å². The van der Waals surface area contributed by atoms with Gasteiger partial charge < -0.3 is 4.90 Å². The van der Waals surface area contributed by atoms with Gasteiger partial charge in [0.25, 0.3) is 0 Å². The summed E-state index contributed by atoms with van der Waals surface area (Å²) in [5.74, 6) is 1.00. The van der Waals surface area contributed by atoms with E-state index in [-0.39, 0.29) is 0 Å². The molecule has 1 heterocycles. The predicted molar refractivity (Wildman–Crippen MR) is 52.2 cm³/mol. The van der Waals surface area contributed by atoms with E-state index in [1.165, 1.54) is 45.2 Å². The highest BCUT2D eigenvalue weighted by Crippen LogP contribution is 2.44. The third kappa shape index (κ3) is 1.52. The highest BCUT2D eigenvalue weighted by molar-refractivity contribution is 4.91. The summed E-state index contributed by atoms with van der Waals surface area (Å²) >= 11 is 0. The van der Waals surface area contributed by atoms with Crippen LogP contribution in [0.3, 0.4) is 0 Å². The second kappa shape index (κ2) is 3.02. The maximum atomic E-state index is 2.51. The van der Waals surface area contributed by atoms with E-state index in [9.17, 15) is 0 Å². The Morgan fingerprint density at radius 3 is 2.33 bits per heavy atom. The molecule has 70 valence electrons. The van der Waals surface area contributed by atoms with Crippen LogP contribution >= 0.6 is 0 Å². The number of likely N-dealkylation sites (tertiary alicyclic amines) is 1. The fourth-order valence-corrected chi connectivity index (χ4v) is 2.94. The van der Waals surface area contributed by atoms with Crippen LogP contribution < -0.4 is 0 Å². The lowest BCUT2D eigenvalue weighted by Gasteiger charge is -2.35. The summed E-state index contributed by atoms with van der Waals surface area (Å²) < 4.78 is 0. The van der Waals surface area contributed by atoms with Crippen molar-refractivity contribution in [1.29, 1.82) is 0 Å². The first-order valence-corrected chi connectivity index (χ1v) is 5.39. The van der Waals surface area contributed by atoms with E-state index in [2.05, 4.69) is 18.9 Å². The maximum Gasteiger partial charge on any atom is 0.00354 e. The quantitative estimate of drug-likeness (QED) is 0.536. The zero-order valence-corrected chi connectivity index (χ0v) is 8.47. The van der Waals surface area contributed by atoms with Crippen LogP contribution in [-0.4, -0.2) is 25.0 Å². The summed E-state index contributed by atoms with van der Waals surface area (Å²) in [6, 6.07) is 0. The smallest absolute Gasteiger partial charge is 0.00354 e. The van der Waals surface area contributed by atoms with Crippen molar-refractivity contribution in [3.63, 3.8) is 0 Å². The second-order valence-electron chi connectivity index (χ2n) is 5.17. The van der Waals surface area contributed by atoms with Gasteiger partial charge in [0.2, 0.25) is 0 Å². The molecular formula is C11H21N. The number of nitrogens with zero attached hydrogens (tertiary/aromatic N) is 1. The largest absolute Gasteiger partial charge is 0.306 e. The van der Waals surface area contributed by atoms with Crippen LogP contribution in [0.25, 0.3) is 0 Å². The molecule has 1 aliphatic carbocycles. The molecule has 1 aliphatic heterocycles. The van der Waals surface area contributed by atoms with Crippen molar-refractivity contribution < 1.29 is 0 Å². The lowest BCUT2D eigenvalue weighted by atomic mass is 9.70. The van der Waals surface area contributed by atoms with E-state index in [1.807, 2.05) is 0 Å². The lowest BCUT2D eigenvalue weighted by Crippen LogP contribution is -2.29. The van der Waals surface area contributed by atoms with Crippen LogP contribution in [0.5, 0.6) is 0 Å². The van der Waals surface area contributed by atoms with Crippen molar-refractivity contribution in [2.75, 3.05) is 20.1 Å². The van der Waals surface area contributed by atoms with Gasteiger partial charge >= 0.3 is 0 Å². The van der Waals surface area contributed by atoms with Gasteiger partial charge in [-0.2, -0.15) is 0 Å². The highest BCUT2D eigenvalue weighted by atomic mass is 15.1. The predicted octanol–water partition coefficient (Wildman–Crippen LogP) is 2.52. The van der Waals surface area contributed by atoms with E-state index in [1.54, 1.807) is 0 Å². The molecule has 2 aliphatic rings. The zero-order chi connectivity index (χ0) is 8.60. The molecule has 2 rings (SSSR count). The molecule has 0 aromatic carbocycles. The minimum absolute atomic E-state index is 0.751. The van der Waals surface area contributed by atoms with Crippen molar-refractivity contribution in [1.82, 2.24) is 4.90 Å². The Hall–Kier alpha value is -0.0400. The molecule has 0 aromatic heterocycles. The Kier molecular flexibility index (Phi) is 2.16. The zero-order valence-electron chi connectivity index (χ0n) is 8.47. The van der Waals surface area contributed by atoms with Gasteiger partial charge in [-0.05, 0) is 44.2 Å². The van der Waals surface area contributed by atoms with Gasteiger partial charge in [-0.1, -0.05) is 19.8 Å². The Balaban J connectivity index is 1.95. The average Bonchev–Trinajstić information content (AvgIpc) is 2.40. The van der Waals surface area contributed by atoms with Crippen molar-refractivity contribution in [3.8, 4) is 0 Å². The lowest BCUT2D eigenvalue weighted by molar-refractivity contribution is 0.163. The van der Waals surface area contributed by atoms with Gasteiger partial charge in [-0.25, -0.2) is 0 Å². The van der Waals surface area contributed by atoms with Gasteiger partial charge in [0.15, 0.2) is 0 Å². The summed E-state index contributed by atoms with van der Waals surface area (Å²) in [5, 5.41) is 0. The molecule has 2 fully saturated rings. The molecule has 0 unspecified atom stereocenters. The van der Waals surface area contributed by atoms with Crippen LogP contribution in [-0.2, 0) is 0 Å². The van der Waals surface area contributed by atoms with Crippen molar-refractivity contribution >= 4 is 0 Å². The van der Waals surface area contributed by atoms with Crippen LogP contribution in [0.15, 0.2) is 0 Å². The normalized spacial score (nSPS) is 44.0. The fourth-order valence-electron chi connectivity index (χ4n) is 2.94. The van der Waals surface area contributed by atoms with Crippen LogP contribution in [0.4, 0.5) is 0 Å². The highest BCUT2D eigenvalue weighted by Gasteiger charge is 2.38. The summed E-state index contributed by atoms with van der Waals surface area (Å²) in [5.41, 5.74) is 0.751. The van der Waals surface area contributed by atoms with Crippen molar-refractivity contribution in [2.45, 2.75) is 39.0 Å². The van der Waals surface area contributed by atoms with E-state index in [4.69, 9.17) is 0 Å². The number of rotatable bonds is 0. The first kappa shape index (κ1) is 8.55. The monoisotopic (exact) mass is 167 g/mol. The second-order valence-corrected chi connectivity index (χ2v) is 5.17. The molecule has 0 aromatic rings. The minimum atomic E-state index is 0.751. The van der Waals surface area contributed by atoms with Crippen molar-refractivity contribution in [2.24, 2.45) is 11.3 Å². The Morgan fingerprint density at radius 2 is 1.83 bits per heavy atom. The van der Waals surface area contributed by atoms with Gasteiger partial charge in [0.05, 0.1) is 0 Å². The summed E-state index contributed by atoms with van der Waals surface area (Å²) in [4.78, 5) is 2.51. The topological polar surface area (TPSA) is 3.24 Å². The van der Waals surface area contributed by atoms with E-state index < -0.39 is 0 Å². The van der Waals surface area contributed by atoms with E-state index >= 15 is 0 Å². The van der Waals surface area contributed by atoms with Gasteiger partial charge in [0.1, 0.15) is 0 Å². The first-order valence-electron chi connectivity index (χ1n) is 5.39. The van der Waals surface area contributed by atoms with Gasteiger partial charge in [-0.3, -0.25) is 0 Å². The third-order valence-electron chi connectivity index (χ3n) is 3.96. The Bertz CT molecular complexity index is 156. The maximum absolute atomic E-state index is 2.51. The fraction of sp³-hybridized carbons (Fsp3) is 1.00. The standard InChI is InChI=1S/C11H21N/c1-10-3-5-11(6-4-10)7-8-12(2)9-11/h10H,3-9H2,1-2H3. The number of hydrogen-bond acceptors (Lipinski definition) is 1. The molecule has 0 atom stereocenters. The minimum Gasteiger partial charge on any atom is -0.306 e. The molecule has 0 radical (unpaired) electrons. The first-order chi connectivity index (χ1) is 5.70. The molecule has 12 heavy (non-hydrogen) atoms. The molecule has 1 saturated heterocycles. The summed E-state index contributed by atoms with van der Waals surface area (Å²) in [7, 11) is 2.27. The van der Waals surface area contributed by atoms with Gasteiger partial charge in [-0.15, -0.1) is 0 Å². The molecule has 0 bridgehead atoms. The molecule has 1 saturated carbocycles. The molecule has 0 amide bonds. The molecule has 0 N–H and O–H groups in total.